The quantitative estimate of drug-likeness (QED) is 0.827. The molecule has 1 aliphatic rings. The van der Waals surface area contributed by atoms with Crippen LogP contribution in [-0.2, 0) is 27.2 Å². The lowest BCUT2D eigenvalue weighted by Crippen LogP contribution is -2.43. The van der Waals surface area contributed by atoms with Crippen molar-refractivity contribution in [3.8, 4) is 0 Å². The highest BCUT2D eigenvalue weighted by molar-refractivity contribution is 7.10. The molecule has 132 valence electrons. The van der Waals surface area contributed by atoms with E-state index in [-0.39, 0.29) is 18.9 Å². The van der Waals surface area contributed by atoms with Crippen LogP contribution in [0.5, 0.6) is 0 Å². The molecule has 2 heterocycles. The number of amides is 1. The summed E-state index contributed by atoms with van der Waals surface area (Å²) in [5, 5.41) is 13.8. The molecule has 0 saturated carbocycles. The Hall–Kier alpha value is -2.25. The first-order valence-corrected chi connectivity index (χ1v) is 8.85. The molecule has 0 radical (unpaired) electrons. The van der Waals surface area contributed by atoms with Crippen molar-refractivity contribution in [1.82, 2.24) is 5.32 Å². The molecule has 1 amide bonds. The van der Waals surface area contributed by atoms with E-state index in [9.17, 15) is 19.1 Å². The zero-order valence-electron chi connectivity index (χ0n) is 13.4. The van der Waals surface area contributed by atoms with Gasteiger partial charge in [0.2, 0.25) is 5.91 Å². The van der Waals surface area contributed by atoms with E-state index in [2.05, 4.69) is 5.32 Å². The molecule has 0 saturated heterocycles. The highest BCUT2D eigenvalue weighted by Gasteiger charge is 2.27. The number of halogens is 1. The summed E-state index contributed by atoms with van der Waals surface area (Å²) in [4.78, 5) is 24.8. The Kier molecular flexibility index (Phi) is 5.45. The molecule has 0 fully saturated rings. The number of hydrogen-bond donors (Lipinski definition) is 2. The minimum atomic E-state index is -1.15. The van der Waals surface area contributed by atoms with Gasteiger partial charge in [0.1, 0.15) is 18.0 Å². The van der Waals surface area contributed by atoms with Gasteiger partial charge < -0.3 is 15.2 Å². The smallest absolute Gasteiger partial charge is 0.326 e. The fourth-order valence-electron chi connectivity index (χ4n) is 2.90. The number of hydrogen-bond acceptors (Lipinski definition) is 4. The number of ether oxygens (including phenoxy) is 1. The van der Waals surface area contributed by atoms with E-state index in [1.54, 1.807) is 17.4 Å². The van der Waals surface area contributed by atoms with Crippen LogP contribution in [0.2, 0.25) is 0 Å². The van der Waals surface area contributed by atoms with Gasteiger partial charge in [-0.25, -0.2) is 9.18 Å². The second-order valence-corrected chi connectivity index (χ2v) is 6.86. The van der Waals surface area contributed by atoms with E-state index in [1.807, 2.05) is 11.4 Å². The van der Waals surface area contributed by atoms with Gasteiger partial charge in [0.05, 0.1) is 13.0 Å². The Morgan fingerprint density at radius 3 is 3.00 bits per heavy atom. The number of carboxylic acids is 1. The van der Waals surface area contributed by atoms with E-state index in [1.165, 1.54) is 23.8 Å². The molecule has 7 heteroatoms. The summed E-state index contributed by atoms with van der Waals surface area (Å²) in [7, 11) is 0. The molecule has 1 aromatic heterocycles. The average molecular weight is 363 g/mol. The highest BCUT2D eigenvalue weighted by Crippen LogP contribution is 2.33. The van der Waals surface area contributed by atoms with Gasteiger partial charge in [-0.2, -0.15) is 0 Å². The van der Waals surface area contributed by atoms with E-state index in [4.69, 9.17) is 4.74 Å². The molecule has 3 rings (SSSR count). The van der Waals surface area contributed by atoms with E-state index in [0.29, 0.717) is 12.2 Å². The summed E-state index contributed by atoms with van der Waals surface area (Å²) in [5.41, 5.74) is 1.70. The lowest BCUT2D eigenvalue weighted by atomic mass is 10.0. The number of rotatable bonds is 6. The first-order chi connectivity index (χ1) is 12.0. The number of carbonyl (C=O) groups excluding carboxylic acids is 1. The van der Waals surface area contributed by atoms with Gasteiger partial charge in [-0.3, -0.25) is 4.79 Å². The standard InChI is InChI=1S/C18H18FNO4S/c19-13-3-1-2-11(8-13)9-14(18(22)23)20-16(21)10-15-17-12(4-6-24-15)5-7-25-17/h1-3,5,7-8,14-15H,4,6,9-10H2,(H,20,21)(H,22,23). The number of fused-ring (bicyclic) bond motifs is 1. The van der Waals surface area contributed by atoms with E-state index >= 15 is 0 Å². The maximum Gasteiger partial charge on any atom is 0.326 e. The van der Waals surface area contributed by atoms with Gasteiger partial charge in [0.15, 0.2) is 0 Å². The van der Waals surface area contributed by atoms with Crippen molar-refractivity contribution in [2.45, 2.75) is 31.4 Å². The van der Waals surface area contributed by atoms with Crippen molar-refractivity contribution in [2.24, 2.45) is 0 Å². The van der Waals surface area contributed by atoms with Crippen LogP contribution in [0.4, 0.5) is 4.39 Å². The van der Waals surface area contributed by atoms with Crippen molar-refractivity contribution in [1.29, 1.82) is 0 Å². The van der Waals surface area contributed by atoms with Gasteiger partial charge in [0, 0.05) is 11.3 Å². The Balaban J connectivity index is 1.63. The SMILES string of the molecule is O=C(CC1OCCc2ccsc21)NC(Cc1cccc(F)c1)C(=O)O. The van der Waals surface area contributed by atoms with Gasteiger partial charge >= 0.3 is 5.97 Å². The average Bonchev–Trinajstić information content (AvgIpc) is 3.04. The number of carbonyl (C=O) groups is 2. The third-order valence-electron chi connectivity index (χ3n) is 4.10. The van der Waals surface area contributed by atoms with Crippen molar-refractivity contribution < 1.29 is 23.8 Å². The second-order valence-electron chi connectivity index (χ2n) is 5.92. The first-order valence-electron chi connectivity index (χ1n) is 7.97. The van der Waals surface area contributed by atoms with Crippen molar-refractivity contribution >= 4 is 23.2 Å². The second kappa shape index (κ2) is 7.76. The van der Waals surface area contributed by atoms with Crippen LogP contribution in [-0.4, -0.2) is 29.6 Å². The third kappa shape index (κ3) is 4.43. The van der Waals surface area contributed by atoms with Gasteiger partial charge in [-0.1, -0.05) is 12.1 Å². The van der Waals surface area contributed by atoms with Crippen molar-refractivity contribution in [3.63, 3.8) is 0 Å². The topological polar surface area (TPSA) is 75.6 Å². The molecule has 2 unspecified atom stereocenters. The van der Waals surface area contributed by atoms with Crippen LogP contribution >= 0.6 is 11.3 Å². The summed E-state index contributed by atoms with van der Waals surface area (Å²) in [6.07, 6.45) is 0.580. The predicted octanol–water partition coefficient (Wildman–Crippen LogP) is 2.70. The molecule has 0 bridgehead atoms. The Bertz CT molecular complexity index is 776. The lowest BCUT2D eigenvalue weighted by Gasteiger charge is -2.23. The molecule has 1 aliphatic heterocycles. The predicted molar refractivity (Wildman–Crippen MR) is 91.0 cm³/mol. The number of thiophene rings is 1. The van der Waals surface area contributed by atoms with Gasteiger partial charge in [-0.15, -0.1) is 11.3 Å². The van der Waals surface area contributed by atoms with Crippen LogP contribution in [0.25, 0.3) is 0 Å². The molecule has 0 spiro atoms. The van der Waals surface area contributed by atoms with Crippen LogP contribution in [0.15, 0.2) is 35.7 Å². The minimum absolute atomic E-state index is 0.0224. The molecule has 2 N–H and O–H groups in total. The van der Waals surface area contributed by atoms with Crippen LogP contribution < -0.4 is 5.32 Å². The maximum atomic E-state index is 13.3. The minimum Gasteiger partial charge on any atom is -0.480 e. The molecule has 2 atom stereocenters. The summed E-state index contributed by atoms with van der Waals surface area (Å²) < 4.78 is 18.9. The normalized spacial score (nSPS) is 17.6. The van der Waals surface area contributed by atoms with Crippen molar-refractivity contribution in [3.05, 3.63) is 57.5 Å². The zero-order valence-corrected chi connectivity index (χ0v) is 14.2. The molecule has 25 heavy (non-hydrogen) atoms. The maximum absolute atomic E-state index is 13.3. The summed E-state index contributed by atoms with van der Waals surface area (Å²) in [5.74, 6) is -1.98. The lowest BCUT2D eigenvalue weighted by molar-refractivity contribution is -0.142. The molecule has 5 nitrogen and oxygen atoms in total. The van der Waals surface area contributed by atoms with Gasteiger partial charge in [-0.05, 0) is 41.1 Å². The van der Waals surface area contributed by atoms with E-state index in [0.717, 1.165) is 11.3 Å². The molecular formula is C18H18FNO4S. The number of carboxylic acid groups (broad SMARTS) is 1. The third-order valence-corrected chi connectivity index (χ3v) is 5.15. The highest BCUT2D eigenvalue weighted by atomic mass is 32.1. The largest absolute Gasteiger partial charge is 0.480 e. The number of benzene rings is 1. The zero-order chi connectivity index (χ0) is 17.8. The van der Waals surface area contributed by atoms with Crippen LogP contribution in [0, 0.1) is 5.82 Å². The fraction of sp³-hybridized carbons (Fsp3) is 0.333. The summed E-state index contributed by atoms with van der Waals surface area (Å²) in [6.45, 7) is 0.549. The summed E-state index contributed by atoms with van der Waals surface area (Å²) in [6, 6.07) is 6.62. The summed E-state index contributed by atoms with van der Waals surface area (Å²) >= 11 is 1.54. The molecule has 2 aromatic rings. The van der Waals surface area contributed by atoms with Gasteiger partial charge in [0.25, 0.3) is 0 Å². The first kappa shape index (κ1) is 17.6. The van der Waals surface area contributed by atoms with Crippen LogP contribution in [0.1, 0.15) is 28.5 Å². The van der Waals surface area contributed by atoms with E-state index < -0.39 is 23.7 Å². The number of aliphatic carboxylic acids is 1. The Morgan fingerprint density at radius 1 is 1.40 bits per heavy atom. The molecular weight excluding hydrogens is 345 g/mol. The monoisotopic (exact) mass is 363 g/mol. The van der Waals surface area contributed by atoms with Crippen LogP contribution in [0.3, 0.4) is 0 Å². The number of nitrogens with one attached hydrogen (secondary N) is 1. The fourth-order valence-corrected chi connectivity index (χ4v) is 3.90. The molecule has 1 aromatic carbocycles. The Labute approximate surface area is 148 Å². The van der Waals surface area contributed by atoms with Crippen molar-refractivity contribution in [2.75, 3.05) is 6.61 Å². The molecule has 0 aliphatic carbocycles. The Morgan fingerprint density at radius 2 is 2.24 bits per heavy atom.